The van der Waals surface area contributed by atoms with E-state index in [1.54, 1.807) is 0 Å². The SMILES string of the molecule is CCCCCCC(CCC)OC(=O)CCCCC. The van der Waals surface area contributed by atoms with Crippen molar-refractivity contribution in [2.24, 2.45) is 0 Å². The van der Waals surface area contributed by atoms with Crippen molar-refractivity contribution in [3.8, 4) is 0 Å². The van der Waals surface area contributed by atoms with Crippen LogP contribution in [-0.2, 0) is 9.53 Å². The summed E-state index contributed by atoms with van der Waals surface area (Å²) < 4.78 is 5.58. The Hall–Kier alpha value is -0.530. The molecule has 1 atom stereocenters. The Labute approximate surface area is 113 Å². The van der Waals surface area contributed by atoms with Crippen molar-refractivity contribution in [3.63, 3.8) is 0 Å². The lowest BCUT2D eigenvalue weighted by Gasteiger charge is -2.17. The molecule has 0 heterocycles. The van der Waals surface area contributed by atoms with Gasteiger partial charge in [-0.1, -0.05) is 59.3 Å². The molecule has 0 saturated heterocycles. The predicted molar refractivity (Wildman–Crippen MR) is 77.7 cm³/mol. The van der Waals surface area contributed by atoms with Gasteiger partial charge in [-0.15, -0.1) is 0 Å². The van der Waals surface area contributed by atoms with Crippen LogP contribution in [0.15, 0.2) is 0 Å². The zero-order chi connectivity index (χ0) is 13.6. The van der Waals surface area contributed by atoms with E-state index < -0.39 is 0 Å². The van der Waals surface area contributed by atoms with Crippen molar-refractivity contribution in [1.82, 2.24) is 0 Å². The number of hydrogen-bond donors (Lipinski definition) is 0. The molecule has 0 aliphatic carbocycles. The zero-order valence-corrected chi connectivity index (χ0v) is 12.7. The summed E-state index contributed by atoms with van der Waals surface area (Å²) in [5, 5.41) is 0. The Morgan fingerprint density at radius 1 is 0.833 bits per heavy atom. The number of rotatable bonds is 12. The van der Waals surface area contributed by atoms with Crippen LogP contribution in [0.5, 0.6) is 0 Å². The first-order valence-corrected chi connectivity index (χ1v) is 7.94. The molecule has 0 spiro atoms. The molecule has 0 aromatic heterocycles. The standard InChI is InChI=1S/C16H32O2/c1-4-7-9-11-13-15(12-6-3)18-16(17)14-10-8-5-2/h15H,4-14H2,1-3H3. The summed E-state index contributed by atoms with van der Waals surface area (Å²) >= 11 is 0. The average Bonchev–Trinajstić information content (AvgIpc) is 2.35. The lowest BCUT2D eigenvalue weighted by atomic mass is 10.1. The summed E-state index contributed by atoms with van der Waals surface area (Å²) in [7, 11) is 0. The minimum absolute atomic E-state index is 0.0115. The van der Waals surface area contributed by atoms with Gasteiger partial charge in [0, 0.05) is 6.42 Å². The van der Waals surface area contributed by atoms with Crippen molar-refractivity contribution in [2.75, 3.05) is 0 Å². The van der Waals surface area contributed by atoms with Gasteiger partial charge < -0.3 is 4.74 Å². The summed E-state index contributed by atoms with van der Waals surface area (Å²) in [5.41, 5.74) is 0. The van der Waals surface area contributed by atoms with Crippen LogP contribution < -0.4 is 0 Å². The lowest BCUT2D eigenvalue weighted by molar-refractivity contribution is -0.150. The molecule has 18 heavy (non-hydrogen) atoms. The van der Waals surface area contributed by atoms with Crippen molar-refractivity contribution in [3.05, 3.63) is 0 Å². The van der Waals surface area contributed by atoms with Crippen LogP contribution in [0, 0.1) is 0 Å². The Kier molecular flexibility index (Phi) is 12.5. The maximum atomic E-state index is 11.7. The zero-order valence-electron chi connectivity index (χ0n) is 12.7. The fraction of sp³-hybridized carbons (Fsp3) is 0.938. The fourth-order valence-electron chi connectivity index (χ4n) is 2.15. The Balaban J connectivity index is 3.75. The van der Waals surface area contributed by atoms with E-state index >= 15 is 0 Å². The third kappa shape index (κ3) is 10.6. The van der Waals surface area contributed by atoms with Crippen LogP contribution in [0.25, 0.3) is 0 Å². The summed E-state index contributed by atoms with van der Waals surface area (Å²) in [4.78, 5) is 11.7. The molecule has 0 fully saturated rings. The van der Waals surface area contributed by atoms with E-state index in [1.165, 1.54) is 25.7 Å². The second-order valence-electron chi connectivity index (χ2n) is 5.21. The van der Waals surface area contributed by atoms with Crippen molar-refractivity contribution in [2.45, 2.75) is 97.5 Å². The summed E-state index contributed by atoms with van der Waals surface area (Å²) in [6.45, 7) is 6.53. The minimum Gasteiger partial charge on any atom is -0.462 e. The first-order valence-electron chi connectivity index (χ1n) is 7.94. The van der Waals surface area contributed by atoms with Gasteiger partial charge in [0.15, 0.2) is 0 Å². The third-order valence-corrected chi connectivity index (χ3v) is 3.27. The third-order valence-electron chi connectivity index (χ3n) is 3.27. The fourth-order valence-corrected chi connectivity index (χ4v) is 2.15. The van der Waals surface area contributed by atoms with E-state index in [2.05, 4.69) is 20.8 Å². The normalized spacial score (nSPS) is 12.4. The highest BCUT2D eigenvalue weighted by atomic mass is 16.5. The topological polar surface area (TPSA) is 26.3 Å². The number of hydrogen-bond acceptors (Lipinski definition) is 2. The molecule has 2 heteroatoms. The molecular weight excluding hydrogens is 224 g/mol. The highest BCUT2D eigenvalue weighted by molar-refractivity contribution is 5.69. The van der Waals surface area contributed by atoms with Gasteiger partial charge in [-0.25, -0.2) is 0 Å². The molecule has 0 rings (SSSR count). The van der Waals surface area contributed by atoms with Crippen LogP contribution in [0.2, 0.25) is 0 Å². The molecular formula is C16H32O2. The second-order valence-corrected chi connectivity index (χ2v) is 5.21. The molecule has 0 aromatic carbocycles. The van der Waals surface area contributed by atoms with E-state index in [1.807, 2.05) is 0 Å². The highest BCUT2D eigenvalue weighted by Crippen LogP contribution is 2.14. The van der Waals surface area contributed by atoms with E-state index in [0.29, 0.717) is 6.42 Å². The number of carbonyl (C=O) groups is 1. The average molecular weight is 256 g/mol. The number of carbonyl (C=O) groups excluding carboxylic acids is 1. The van der Waals surface area contributed by atoms with Gasteiger partial charge in [0.1, 0.15) is 6.10 Å². The summed E-state index contributed by atoms with van der Waals surface area (Å²) in [6, 6.07) is 0. The van der Waals surface area contributed by atoms with Gasteiger partial charge in [0.25, 0.3) is 0 Å². The van der Waals surface area contributed by atoms with Gasteiger partial charge in [-0.05, 0) is 25.7 Å². The largest absolute Gasteiger partial charge is 0.462 e. The molecule has 0 saturated carbocycles. The van der Waals surface area contributed by atoms with Gasteiger partial charge in [-0.2, -0.15) is 0 Å². The monoisotopic (exact) mass is 256 g/mol. The van der Waals surface area contributed by atoms with Crippen molar-refractivity contribution >= 4 is 5.97 Å². The summed E-state index contributed by atoms with van der Waals surface area (Å²) in [6.07, 6.45) is 12.2. The highest BCUT2D eigenvalue weighted by Gasteiger charge is 2.12. The lowest BCUT2D eigenvalue weighted by Crippen LogP contribution is -2.18. The van der Waals surface area contributed by atoms with Gasteiger partial charge in [0.05, 0.1) is 0 Å². The van der Waals surface area contributed by atoms with Crippen LogP contribution in [-0.4, -0.2) is 12.1 Å². The molecule has 1 unspecified atom stereocenters. The van der Waals surface area contributed by atoms with Crippen LogP contribution in [0.3, 0.4) is 0 Å². The Bertz CT molecular complexity index is 190. The molecule has 108 valence electrons. The molecule has 0 aliphatic rings. The maximum absolute atomic E-state index is 11.7. The van der Waals surface area contributed by atoms with Crippen molar-refractivity contribution < 1.29 is 9.53 Å². The molecule has 0 aliphatic heterocycles. The van der Waals surface area contributed by atoms with Gasteiger partial charge >= 0.3 is 5.97 Å². The predicted octanol–water partition coefficient (Wildman–Crippen LogP) is 5.25. The van der Waals surface area contributed by atoms with Crippen LogP contribution in [0.4, 0.5) is 0 Å². The number of unbranched alkanes of at least 4 members (excludes halogenated alkanes) is 5. The van der Waals surface area contributed by atoms with Gasteiger partial charge in [-0.3, -0.25) is 4.79 Å². The number of esters is 1. The molecule has 0 N–H and O–H groups in total. The first kappa shape index (κ1) is 17.5. The summed E-state index contributed by atoms with van der Waals surface area (Å²) in [5.74, 6) is 0.0115. The second kappa shape index (κ2) is 12.9. The van der Waals surface area contributed by atoms with Crippen molar-refractivity contribution in [1.29, 1.82) is 0 Å². The smallest absolute Gasteiger partial charge is 0.306 e. The number of ether oxygens (including phenoxy) is 1. The van der Waals surface area contributed by atoms with E-state index in [4.69, 9.17) is 4.74 Å². The Morgan fingerprint density at radius 3 is 2.11 bits per heavy atom. The Morgan fingerprint density at radius 2 is 1.50 bits per heavy atom. The minimum atomic E-state index is 0.0115. The molecule has 0 amide bonds. The first-order chi connectivity index (χ1) is 8.74. The molecule has 0 aromatic rings. The molecule has 0 radical (unpaired) electrons. The molecule has 2 nitrogen and oxygen atoms in total. The van der Waals surface area contributed by atoms with E-state index in [-0.39, 0.29) is 12.1 Å². The van der Waals surface area contributed by atoms with Gasteiger partial charge in [0.2, 0.25) is 0 Å². The maximum Gasteiger partial charge on any atom is 0.306 e. The molecule has 0 bridgehead atoms. The van der Waals surface area contributed by atoms with E-state index in [9.17, 15) is 4.79 Å². The van der Waals surface area contributed by atoms with Crippen LogP contribution >= 0.6 is 0 Å². The van der Waals surface area contributed by atoms with E-state index in [0.717, 1.165) is 38.5 Å². The quantitative estimate of drug-likeness (QED) is 0.352. The van der Waals surface area contributed by atoms with Crippen LogP contribution in [0.1, 0.15) is 91.4 Å².